The summed E-state index contributed by atoms with van der Waals surface area (Å²) in [5.41, 5.74) is 2.94. The molecule has 2 aromatic carbocycles. The largest absolute Gasteiger partial charge is 0.490 e. The van der Waals surface area contributed by atoms with E-state index in [2.05, 4.69) is 29.0 Å². The zero-order chi connectivity index (χ0) is 30.8. The number of hydrogen-bond donors (Lipinski definition) is 2. The predicted octanol–water partition coefficient (Wildman–Crippen LogP) is 5.93. The van der Waals surface area contributed by atoms with Gasteiger partial charge in [0.05, 0.1) is 22.6 Å². The predicted molar refractivity (Wildman–Crippen MR) is 141 cm³/mol. The lowest BCUT2D eigenvalue weighted by Crippen LogP contribution is -2.52. The first-order valence-corrected chi connectivity index (χ1v) is 14.6. The molecule has 7 nitrogen and oxygen atoms in total. The van der Waals surface area contributed by atoms with E-state index in [0.717, 1.165) is 18.7 Å². The second-order valence-electron chi connectivity index (χ2n) is 10.3. The highest BCUT2D eigenvalue weighted by Gasteiger charge is 2.38. The number of benzene rings is 2. The molecule has 3 aromatic rings. The minimum absolute atomic E-state index is 0.0631. The number of nitrogens with zero attached hydrogens (tertiary/aromatic N) is 2. The van der Waals surface area contributed by atoms with Crippen LogP contribution in [0.15, 0.2) is 40.1 Å². The Kier molecular flexibility index (Phi) is 9.76. The van der Waals surface area contributed by atoms with Gasteiger partial charge in [0.15, 0.2) is 21.5 Å². The van der Waals surface area contributed by atoms with E-state index in [-0.39, 0.29) is 28.9 Å². The van der Waals surface area contributed by atoms with E-state index in [4.69, 9.17) is 9.90 Å². The monoisotopic (exact) mass is 623 g/mol. The summed E-state index contributed by atoms with van der Waals surface area (Å²) in [5.74, 6) is -6.48. The summed E-state index contributed by atoms with van der Waals surface area (Å²) in [5, 5.41) is 11.4. The van der Waals surface area contributed by atoms with Crippen molar-refractivity contribution in [2.45, 2.75) is 50.7 Å². The second kappa shape index (κ2) is 12.4. The molecule has 0 amide bonds. The Morgan fingerprint density at radius 1 is 1.17 bits per heavy atom. The first-order chi connectivity index (χ1) is 18.9. The van der Waals surface area contributed by atoms with E-state index < -0.39 is 50.1 Å². The summed E-state index contributed by atoms with van der Waals surface area (Å²) in [4.78, 5) is 14.3. The molecular weight excluding hydrogens is 596 g/mol. The van der Waals surface area contributed by atoms with Gasteiger partial charge in [-0.15, -0.1) is 11.3 Å². The average Bonchev–Trinajstić information content (AvgIpc) is 3.32. The van der Waals surface area contributed by atoms with Gasteiger partial charge in [0.2, 0.25) is 0 Å². The topological polar surface area (TPSA) is 99.6 Å². The molecule has 1 fully saturated rings. The van der Waals surface area contributed by atoms with Crippen molar-refractivity contribution >= 4 is 32.8 Å². The molecule has 4 rings (SSSR count). The van der Waals surface area contributed by atoms with Gasteiger partial charge in [-0.05, 0) is 35.6 Å². The number of alkyl halides is 3. The van der Waals surface area contributed by atoms with Crippen LogP contribution in [-0.2, 0) is 33.5 Å². The number of nitrogens with one attached hydrogen (secondary N) is 1. The van der Waals surface area contributed by atoms with Crippen molar-refractivity contribution in [1.82, 2.24) is 9.88 Å². The van der Waals surface area contributed by atoms with Gasteiger partial charge < -0.3 is 10.4 Å². The van der Waals surface area contributed by atoms with Crippen molar-refractivity contribution in [1.29, 1.82) is 0 Å². The molecule has 0 aliphatic carbocycles. The molecule has 15 heteroatoms. The van der Waals surface area contributed by atoms with Crippen molar-refractivity contribution in [3.63, 3.8) is 0 Å². The van der Waals surface area contributed by atoms with Crippen molar-refractivity contribution in [2.24, 2.45) is 5.41 Å². The van der Waals surface area contributed by atoms with Crippen LogP contribution in [0, 0.1) is 29.8 Å². The molecule has 2 N–H and O–H groups in total. The molecular formula is C26H27F6N3O4S2. The first-order valence-electron chi connectivity index (χ1n) is 12.0. The van der Waals surface area contributed by atoms with Gasteiger partial charge in [-0.25, -0.2) is 31.4 Å². The molecule has 0 radical (unpaired) electrons. The van der Waals surface area contributed by atoms with E-state index in [9.17, 15) is 34.8 Å². The molecule has 1 saturated heterocycles. The number of rotatable bonds is 8. The highest BCUT2D eigenvalue weighted by Crippen LogP contribution is 2.32. The molecule has 41 heavy (non-hydrogen) atoms. The minimum atomic E-state index is -5.08. The maximum atomic E-state index is 14.9. The van der Waals surface area contributed by atoms with Crippen molar-refractivity contribution in [3.05, 3.63) is 75.0 Å². The molecule has 0 saturated carbocycles. The van der Waals surface area contributed by atoms with Gasteiger partial charge >= 0.3 is 12.1 Å². The van der Waals surface area contributed by atoms with Crippen LogP contribution >= 0.6 is 11.3 Å². The number of hydrogen-bond acceptors (Lipinski definition) is 7. The third-order valence-corrected chi connectivity index (χ3v) is 8.53. The van der Waals surface area contributed by atoms with Crippen molar-refractivity contribution in [2.75, 3.05) is 18.4 Å². The summed E-state index contributed by atoms with van der Waals surface area (Å²) in [6.07, 6.45) is -5.08. The first kappa shape index (κ1) is 32.3. The minimum Gasteiger partial charge on any atom is -0.475 e. The van der Waals surface area contributed by atoms with Crippen LogP contribution in [-0.4, -0.2) is 48.6 Å². The van der Waals surface area contributed by atoms with Crippen LogP contribution in [0.4, 0.5) is 32.0 Å². The Morgan fingerprint density at radius 2 is 1.80 bits per heavy atom. The summed E-state index contributed by atoms with van der Waals surface area (Å²) in [6, 6.07) is 6.02. The molecule has 0 spiro atoms. The Bertz CT molecular complexity index is 1500. The fourth-order valence-corrected chi connectivity index (χ4v) is 6.74. The summed E-state index contributed by atoms with van der Waals surface area (Å²) in [6.45, 7) is 8.01. The Balaban J connectivity index is 0.000000587. The number of sulfone groups is 1. The number of halogens is 6. The number of carboxylic acid groups (broad SMARTS) is 1. The van der Waals surface area contributed by atoms with E-state index in [0.29, 0.717) is 12.1 Å². The highest BCUT2D eigenvalue weighted by atomic mass is 32.2. The zero-order valence-corrected chi connectivity index (χ0v) is 23.8. The lowest BCUT2D eigenvalue weighted by atomic mass is 9.84. The molecule has 0 bridgehead atoms. The summed E-state index contributed by atoms with van der Waals surface area (Å²) in [7, 11) is -4.15. The number of anilines is 1. The number of aliphatic carboxylic acids is 1. The molecule has 1 aromatic heterocycles. The quantitative estimate of drug-likeness (QED) is 0.300. The number of aromatic nitrogens is 1. The lowest BCUT2D eigenvalue weighted by Gasteiger charge is -2.46. The SMILES string of the molecule is Cc1cc(NCc2c(F)cccc2CN2CC(C)(C)C2)c(F)c(F)c1S(=O)(=O)Cc1cscn1.O=C(O)C(F)(F)F. The van der Waals surface area contributed by atoms with E-state index >= 15 is 0 Å². The van der Waals surface area contributed by atoms with Gasteiger partial charge in [-0.2, -0.15) is 13.2 Å². The van der Waals surface area contributed by atoms with Gasteiger partial charge in [0.1, 0.15) is 10.7 Å². The summed E-state index contributed by atoms with van der Waals surface area (Å²) < 4.78 is 102. The second-order valence-corrected chi connectivity index (χ2v) is 12.9. The third kappa shape index (κ3) is 8.20. The Labute approximate surface area is 236 Å². The lowest BCUT2D eigenvalue weighted by molar-refractivity contribution is -0.192. The van der Waals surface area contributed by atoms with Crippen LogP contribution in [0.25, 0.3) is 0 Å². The van der Waals surface area contributed by atoms with Crippen LogP contribution in [0.2, 0.25) is 0 Å². The smallest absolute Gasteiger partial charge is 0.475 e. The molecule has 0 atom stereocenters. The number of thiazole rings is 1. The zero-order valence-electron chi connectivity index (χ0n) is 22.2. The number of aryl methyl sites for hydroxylation is 1. The Morgan fingerprint density at radius 3 is 2.34 bits per heavy atom. The number of carbonyl (C=O) groups is 1. The van der Waals surface area contributed by atoms with Crippen LogP contribution in [0.1, 0.15) is 36.2 Å². The van der Waals surface area contributed by atoms with Crippen LogP contribution in [0.3, 0.4) is 0 Å². The molecule has 1 aliphatic heterocycles. The molecule has 1 aliphatic rings. The van der Waals surface area contributed by atoms with Gasteiger partial charge in [-0.3, -0.25) is 4.90 Å². The highest BCUT2D eigenvalue weighted by molar-refractivity contribution is 7.90. The van der Waals surface area contributed by atoms with Gasteiger partial charge in [0.25, 0.3) is 0 Å². The maximum Gasteiger partial charge on any atom is 0.490 e. The third-order valence-electron chi connectivity index (χ3n) is 6.09. The Hall–Kier alpha value is -3.17. The van der Waals surface area contributed by atoms with E-state index in [1.807, 2.05) is 6.07 Å². The van der Waals surface area contributed by atoms with Crippen molar-refractivity contribution in [3.8, 4) is 0 Å². The maximum absolute atomic E-state index is 14.9. The normalized spacial score (nSPS) is 15.0. The fourth-order valence-electron chi connectivity index (χ4n) is 4.47. The molecule has 2 heterocycles. The van der Waals surface area contributed by atoms with E-state index in [1.165, 1.54) is 35.9 Å². The number of carboxylic acids is 1. The average molecular weight is 624 g/mol. The fraction of sp³-hybridized carbons (Fsp3) is 0.385. The standard InChI is InChI=1S/C24H26F3N3O2S2.C2HF3O2/c1-15-7-20(21(26)22(27)23(15)34(31,32)11-17-10-33-14-29-17)28-8-18-16(5-4-6-19(18)25)9-30-12-24(2,3)13-30;3-2(4,5)1(6)7/h4-7,10,14,28H,8-9,11-13H2,1-3H3;(H,6,7). The molecule has 0 unspecified atom stereocenters. The van der Waals surface area contributed by atoms with Crippen LogP contribution < -0.4 is 5.32 Å². The van der Waals surface area contributed by atoms with E-state index in [1.54, 1.807) is 11.4 Å². The van der Waals surface area contributed by atoms with Crippen LogP contribution in [0.5, 0.6) is 0 Å². The number of likely N-dealkylation sites (tertiary alicyclic amines) is 1. The molecule has 224 valence electrons. The van der Waals surface area contributed by atoms with Gasteiger partial charge in [-0.1, -0.05) is 26.0 Å². The van der Waals surface area contributed by atoms with Gasteiger partial charge in [0, 0.05) is 37.1 Å². The summed E-state index contributed by atoms with van der Waals surface area (Å²) >= 11 is 1.22. The van der Waals surface area contributed by atoms with Crippen molar-refractivity contribution < 1.29 is 44.7 Å².